The molecule has 0 bridgehead atoms. The monoisotopic (exact) mass is 471 g/mol. The SMILES string of the molecule is CCCCc1ccc(NC=C(C(=O)OCC)C(=O)OCC)cc1SCCOc1ccccc1. The highest BCUT2D eigenvalue weighted by molar-refractivity contribution is 7.99. The molecule has 2 aromatic carbocycles. The van der Waals surface area contributed by atoms with Gasteiger partial charge in [-0.1, -0.05) is 37.6 Å². The van der Waals surface area contributed by atoms with Crippen LogP contribution in [0.3, 0.4) is 0 Å². The summed E-state index contributed by atoms with van der Waals surface area (Å²) in [5.41, 5.74) is 1.87. The van der Waals surface area contributed by atoms with Crippen LogP contribution in [0.5, 0.6) is 5.75 Å². The maximum Gasteiger partial charge on any atom is 0.347 e. The van der Waals surface area contributed by atoms with Crippen LogP contribution in [0, 0.1) is 0 Å². The highest BCUT2D eigenvalue weighted by Crippen LogP contribution is 2.28. The summed E-state index contributed by atoms with van der Waals surface area (Å²) in [5.74, 6) is 0.228. The molecule has 0 unspecified atom stereocenters. The predicted molar refractivity (Wildman–Crippen MR) is 133 cm³/mol. The second-order valence-electron chi connectivity index (χ2n) is 7.08. The van der Waals surface area contributed by atoms with Gasteiger partial charge in [0.2, 0.25) is 0 Å². The number of para-hydroxylation sites is 1. The van der Waals surface area contributed by atoms with E-state index < -0.39 is 11.9 Å². The lowest BCUT2D eigenvalue weighted by Gasteiger charge is -2.13. The molecule has 6 nitrogen and oxygen atoms in total. The first-order chi connectivity index (χ1) is 16.1. The standard InChI is InChI=1S/C26H33NO5S/c1-4-7-11-20-14-15-21(27-19-23(25(28)30-5-2)26(29)31-6-3)18-24(20)33-17-16-32-22-12-9-8-10-13-22/h8-10,12-15,18-19,27H,4-7,11,16-17H2,1-3H3. The van der Waals surface area contributed by atoms with Crippen LogP contribution < -0.4 is 10.1 Å². The average molecular weight is 472 g/mol. The Morgan fingerprint density at radius 3 is 2.30 bits per heavy atom. The number of ether oxygens (including phenoxy) is 3. The molecule has 0 aromatic heterocycles. The van der Waals surface area contributed by atoms with Gasteiger partial charge < -0.3 is 19.5 Å². The molecule has 2 aromatic rings. The van der Waals surface area contributed by atoms with Gasteiger partial charge in [0.25, 0.3) is 0 Å². The zero-order valence-electron chi connectivity index (χ0n) is 19.6. The van der Waals surface area contributed by atoms with Gasteiger partial charge in [0.05, 0.1) is 19.8 Å². The summed E-state index contributed by atoms with van der Waals surface area (Å²) >= 11 is 1.73. The van der Waals surface area contributed by atoms with E-state index in [1.807, 2.05) is 42.5 Å². The van der Waals surface area contributed by atoms with E-state index in [4.69, 9.17) is 14.2 Å². The zero-order chi connectivity index (χ0) is 23.9. The van der Waals surface area contributed by atoms with Gasteiger partial charge in [0.15, 0.2) is 5.57 Å². The summed E-state index contributed by atoms with van der Waals surface area (Å²) in [5, 5.41) is 3.06. The lowest BCUT2D eigenvalue weighted by molar-refractivity contribution is -0.146. The molecule has 178 valence electrons. The fraction of sp³-hybridized carbons (Fsp3) is 0.385. The third-order valence-electron chi connectivity index (χ3n) is 4.59. The summed E-state index contributed by atoms with van der Waals surface area (Å²) in [4.78, 5) is 25.5. The van der Waals surface area contributed by atoms with E-state index in [0.29, 0.717) is 6.61 Å². The minimum absolute atomic E-state index is 0.167. The number of thioether (sulfide) groups is 1. The number of unbranched alkanes of at least 4 members (excludes halogenated alkanes) is 1. The Kier molecular flexibility index (Phi) is 12.0. The van der Waals surface area contributed by atoms with Crippen molar-refractivity contribution in [2.45, 2.75) is 44.9 Å². The molecule has 1 N–H and O–H groups in total. The van der Waals surface area contributed by atoms with Crippen molar-refractivity contribution in [1.29, 1.82) is 0 Å². The van der Waals surface area contributed by atoms with E-state index in [1.165, 1.54) is 11.8 Å². The van der Waals surface area contributed by atoms with Gasteiger partial charge in [-0.25, -0.2) is 9.59 Å². The van der Waals surface area contributed by atoms with E-state index in [-0.39, 0.29) is 18.8 Å². The number of carbonyl (C=O) groups is 2. The van der Waals surface area contributed by atoms with Crippen molar-refractivity contribution in [3.63, 3.8) is 0 Å². The number of anilines is 1. The Balaban J connectivity index is 2.11. The highest BCUT2D eigenvalue weighted by Gasteiger charge is 2.21. The zero-order valence-corrected chi connectivity index (χ0v) is 20.4. The van der Waals surface area contributed by atoms with Crippen LogP contribution in [0.4, 0.5) is 5.69 Å². The molecular weight excluding hydrogens is 438 g/mol. The number of carbonyl (C=O) groups excluding carboxylic acids is 2. The molecule has 0 radical (unpaired) electrons. The van der Waals surface area contributed by atoms with Gasteiger partial charge in [0.1, 0.15) is 5.75 Å². The summed E-state index contributed by atoms with van der Waals surface area (Å²) in [6.07, 6.45) is 4.57. The molecule has 0 saturated carbocycles. The van der Waals surface area contributed by atoms with E-state index in [1.54, 1.807) is 25.6 Å². The molecule has 0 aliphatic carbocycles. The van der Waals surface area contributed by atoms with Crippen molar-refractivity contribution in [2.75, 3.05) is 30.9 Å². The van der Waals surface area contributed by atoms with Gasteiger partial charge in [-0.2, -0.15) is 0 Å². The number of esters is 2. The average Bonchev–Trinajstić information content (AvgIpc) is 2.82. The first kappa shape index (κ1) is 26.3. The molecule has 0 saturated heterocycles. The molecular formula is C26H33NO5S. The van der Waals surface area contributed by atoms with Gasteiger partial charge in [-0.05, 0) is 56.5 Å². The molecule has 33 heavy (non-hydrogen) atoms. The van der Waals surface area contributed by atoms with Gasteiger partial charge in [-0.3, -0.25) is 0 Å². The summed E-state index contributed by atoms with van der Waals surface area (Å²) in [6, 6.07) is 15.8. The molecule has 0 heterocycles. The number of hydrogen-bond acceptors (Lipinski definition) is 7. The van der Waals surface area contributed by atoms with E-state index in [0.717, 1.165) is 41.3 Å². The highest BCUT2D eigenvalue weighted by atomic mass is 32.2. The van der Waals surface area contributed by atoms with Crippen LogP contribution in [0.1, 0.15) is 39.2 Å². The predicted octanol–water partition coefficient (Wildman–Crippen LogP) is 5.62. The Morgan fingerprint density at radius 2 is 1.67 bits per heavy atom. The van der Waals surface area contributed by atoms with Crippen molar-refractivity contribution in [3.05, 3.63) is 65.9 Å². The molecule has 2 rings (SSSR count). The van der Waals surface area contributed by atoms with Crippen molar-refractivity contribution in [2.24, 2.45) is 0 Å². The molecule has 7 heteroatoms. The molecule has 0 atom stereocenters. The second kappa shape index (κ2) is 15.0. The first-order valence-corrected chi connectivity index (χ1v) is 12.3. The van der Waals surface area contributed by atoms with E-state index in [9.17, 15) is 9.59 Å². The number of benzene rings is 2. The molecule has 0 fully saturated rings. The van der Waals surface area contributed by atoms with Crippen LogP contribution in [-0.2, 0) is 25.5 Å². The summed E-state index contributed by atoms with van der Waals surface area (Å²) in [7, 11) is 0. The van der Waals surface area contributed by atoms with Crippen molar-refractivity contribution < 1.29 is 23.8 Å². The second-order valence-corrected chi connectivity index (χ2v) is 8.22. The molecule has 0 spiro atoms. The van der Waals surface area contributed by atoms with E-state index in [2.05, 4.69) is 18.3 Å². The fourth-order valence-electron chi connectivity index (χ4n) is 2.95. The lowest BCUT2D eigenvalue weighted by atomic mass is 10.1. The number of nitrogens with one attached hydrogen (secondary N) is 1. The minimum Gasteiger partial charge on any atom is -0.493 e. The molecule has 0 amide bonds. The lowest BCUT2D eigenvalue weighted by Crippen LogP contribution is -2.19. The number of aryl methyl sites for hydroxylation is 1. The molecule has 0 aliphatic rings. The topological polar surface area (TPSA) is 73.9 Å². The minimum atomic E-state index is -0.712. The Hall–Kier alpha value is -2.93. The fourth-order valence-corrected chi connectivity index (χ4v) is 3.91. The third-order valence-corrected chi connectivity index (χ3v) is 5.66. The van der Waals surface area contributed by atoms with Crippen LogP contribution in [-0.4, -0.2) is 37.5 Å². The van der Waals surface area contributed by atoms with Crippen LogP contribution >= 0.6 is 11.8 Å². The molecule has 0 aliphatic heterocycles. The largest absolute Gasteiger partial charge is 0.493 e. The Labute approximate surface area is 200 Å². The van der Waals surface area contributed by atoms with Crippen LogP contribution in [0.15, 0.2) is 65.2 Å². The number of rotatable bonds is 14. The third kappa shape index (κ3) is 9.22. The summed E-state index contributed by atoms with van der Waals surface area (Å²) in [6.45, 7) is 6.49. The summed E-state index contributed by atoms with van der Waals surface area (Å²) < 4.78 is 15.8. The van der Waals surface area contributed by atoms with Gasteiger partial charge in [0, 0.05) is 22.5 Å². The van der Waals surface area contributed by atoms with Crippen molar-refractivity contribution in [3.8, 4) is 5.75 Å². The van der Waals surface area contributed by atoms with Crippen molar-refractivity contribution in [1.82, 2.24) is 0 Å². The van der Waals surface area contributed by atoms with Gasteiger partial charge >= 0.3 is 11.9 Å². The van der Waals surface area contributed by atoms with Crippen LogP contribution in [0.25, 0.3) is 0 Å². The van der Waals surface area contributed by atoms with Crippen LogP contribution in [0.2, 0.25) is 0 Å². The maximum atomic E-state index is 12.2. The normalized spacial score (nSPS) is 10.3. The van der Waals surface area contributed by atoms with Crippen molar-refractivity contribution >= 4 is 29.4 Å². The maximum absolute atomic E-state index is 12.2. The Morgan fingerprint density at radius 1 is 0.970 bits per heavy atom. The smallest absolute Gasteiger partial charge is 0.347 e. The Bertz CT molecular complexity index is 894. The van der Waals surface area contributed by atoms with E-state index >= 15 is 0 Å². The number of hydrogen-bond donors (Lipinski definition) is 1. The first-order valence-electron chi connectivity index (χ1n) is 11.3. The van der Waals surface area contributed by atoms with Gasteiger partial charge in [-0.15, -0.1) is 11.8 Å². The quantitative estimate of drug-likeness (QED) is 0.0957.